The van der Waals surface area contributed by atoms with Crippen LogP contribution in [0.15, 0.2) is 47.2 Å². The van der Waals surface area contributed by atoms with Gasteiger partial charge in [-0.05, 0) is 36.5 Å². The number of aromatic nitrogens is 1. The molecule has 1 aliphatic heterocycles. The van der Waals surface area contributed by atoms with E-state index in [2.05, 4.69) is 10.3 Å². The molecule has 0 radical (unpaired) electrons. The molecule has 2 unspecified atom stereocenters. The number of carbonyl (C=O) groups excluding carboxylic acids is 1. The normalized spacial score (nSPS) is 20.4. The molecule has 7 heteroatoms. The van der Waals surface area contributed by atoms with Crippen LogP contribution in [0.3, 0.4) is 0 Å². The predicted octanol–water partition coefficient (Wildman–Crippen LogP) is 2.21. The van der Waals surface area contributed by atoms with Crippen LogP contribution in [0.2, 0.25) is 0 Å². The quantitative estimate of drug-likeness (QED) is 0.665. The Hall–Kier alpha value is -2.41. The molecular formula is C16H17N3O3S. The Morgan fingerprint density at radius 3 is 2.96 bits per heavy atom. The van der Waals surface area contributed by atoms with Crippen LogP contribution < -0.4 is 5.32 Å². The van der Waals surface area contributed by atoms with E-state index in [9.17, 15) is 4.79 Å². The highest BCUT2D eigenvalue weighted by molar-refractivity contribution is 7.80. The molecular weight excluding hydrogens is 314 g/mol. The van der Waals surface area contributed by atoms with Crippen LogP contribution >= 0.6 is 12.2 Å². The lowest BCUT2D eigenvalue weighted by molar-refractivity contribution is -0.140. The second kappa shape index (κ2) is 6.78. The molecule has 0 amide bonds. The molecule has 2 aromatic heterocycles. The van der Waals surface area contributed by atoms with Crippen molar-refractivity contribution in [3.63, 3.8) is 0 Å². The molecule has 120 valence electrons. The minimum absolute atomic E-state index is 0.132. The Balaban J connectivity index is 1.89. The van der Waals surface area contributed by atoms with Crippen molar-refractivity contribution in [1.29, 1.82) is 0 Å². The van der Waals surface area contributed by atoms with E-state index in [-0.39, 0.29) is 24.5 Å². The highest BCUT2D eigenvalue weighted by Crippen LogP contribution is 2.38. The summed E-state index contributed by atoms with van der Waals surface area (Å²) in [6, 6.07) is 9.20. The molecule has 2 atom stereocenters. The molecule has 2 aromatic rings. The molecule has 0 aromatic carbocycles. The standard InChI is InChI=1S/C16H17N3O3S/c1-21-13(20)7-9-19-15(12-6-4-10-22-12)14(18-16(19)23)11-5-2-3-8-17-11/h2-6,8,10,14-15H,7,9H2,1H3,(H,18,23). The fourth-order valence-corrected chi connectivity index (χ4v) is 3.06. The first-order valence-corrected chi connectivity index (χ1v) is 7.70. The van der Waals surface area contributed by atoms with Crippen molar-refractivity contribution in [2.75, 3.05) is 13.7 Å². The van der Waals surface area contributed by atoms with Gasteiger partial charge in [-0.25, -0.2) is 0 Å². The maximum atomic E-state index is 11.5. The summed E-state index contributed by atoms with van der Waals surface area (Å²) in [7, 11) is 1.38. The Labute approximate surface area is 139 Å². The lowest BCUT2D eigenvalue weighted by Crippen LogP contribution is -2.31. The average Bonchev–Trinajstić information content (AvgIpc) is 3.21. The van der Waals surface area contributed by atoms with E-state index in [1.165, 1.54) is 7.11 Å². The van der Waals surface area contributed by atoms with Crippen molar-refractivity contribution >= 4 is 23.3 Å². The Morgan fingerprint density at radius 2 is 2.30 bits per heavy atom. The first-order valence-electron chi connectivity index (χ1n) is 7.29. The molecule has 1 fully saturated rings. The SMILES string of the molecule is COC(=O)CCN1C(=S)NC(c2ccccn2)C1c1ccco1. The first-order chi connectivity index (χ1) is 11.2. The third kappa shape index (κ3) is 3.19. The minimum Gasteiger partial charge on any atom is -0.469 e. The summed E-state index contributed by atoms with van der Waals surface area (Å²) < 4.78 is 10.3. The van der Waals surface area contributed by atoms with E-state index in [0.717, 1.165) is 11.5 Å². The van der Waals surface area contributed by atoms with Crippen molar-refractivity contribution in [2.24, 2.45) is 0 Å². The van der Waals surface area contributed by atoms with Gasteiger partial charge < -0.3 is 19.4 Å². The van der Waals surface area contributed by atoms with Crippen molar-refractivity contribution in [2.45, 2.75) is 18.5 Å². The first kappa shape index (κ1) is 15.5. The molecule has 1 saturated heterocycles. The summed E-state index contributed by atoms with van der Waals surface area (Å²) in [5, 5.41) is 3.86. The molecule has 6 nitrogen and oxygen atoms in total. The molecule has 0 bridgehead atoms. The molecule has 3 heterocycles. The lowest BCUT2D eigenvalue weighted by Gasteiger charge is -2.25. The number of thiocarbonyl (C=S) groups is 1. The predicted molar refractivity (Wildman–Crippen MR) is 87.5 cm³/mol. The smallest absolute Gasteiger partial charge is 0.307 e. The Kier molecular flexibility index (Phi) is 4.57. The molecule has 1 N–H and O–H groups in total. The van der Waals surface area contributed by atoms with E-state index in [0.29, 0.717) is 11.7 Å². The average molecular weight is 331 g/mol. The molecule has 0 aliphatic carbocycles. The van der Waals surface area contributed by atoms with Gasteiger partial charge in [-0.3, -0.25) is 9.78 Å². The van der Waals surface area contributed by atoms with Crippen LogP contribution in [-0.2, 0) is 9.53 Å². The van der Waals surface area contributed by atoms with Crippen LogP contribution in [-0.4, -0.2) is 34.6 Å². The van der Waals surface area contributed by atoms with Gasteiger partial charge in [0.15, 0.2) is 5.11 Å². The summed E-state index contributed by atoms with van der Waals surface area (Å²) in [6.45, 7) is 0.452. The summed E-state index contributed by atoms with van der Waals surface area (Å²) in [5.74, 6) is 0.505. The lowest BCUT2D eigenvalue weighted by atomic mass is 10.0. The van der Waals surface area contributed by atoms with Gasteiger partial charge in [0, 0.05) is 12.7 Å². The van der Waals surface area contributed by atoms with Gasteiger partial charge in [0.25, 0.3) is 0 Å². The highest BCUT2D eigenvalue weighted by atomic mass is 32.1. The summed E-state index contributed by atoms with van der Waals surface area (Å²) in [4.78, 5) is 17.8. The van der Waals surface area contributed by atoms with Crippen molar-refractivity contribution < 1.29 is 13.9 Å². The second-order valence-electron chi connectivity index (χ2n) is 5.16. The third-order valence-electron chi connectivity index (χ3n) is 3.82. The topological polar surface area (TPSA) is 67.6 Å². The van der Waals surface area contributed by atoms with E-state index < -0.39 is 0 Å². The maximum absolute atomic E-state index is 11.5. The van der Waals surface area contributed by atoms with Crippen LogP contribution in [0.5, 0.6) is 0 Å². The zero-order valence-corrected chi connectivity index (χ0v) is 13.5. The monoisotopic (exact) mass is 331 g/mol. The van der Waals surface area contributed by atoms with Crippen molar-refractivity contribution in [1.82, 2.24) is 15.2 Å². The van der Waals surface area contributed by atoms with Crippen LogP contribution in [0.1, 0.15) is 30.0 Å². The van der Waals surface area contributed by atoms with E-state index in [1.807, 2.05) is 35.2 Å². The van der Waals surface area contributed by atoms with Crippen molar-refractivity contribution in [3.05, 3.63) is 54.2 Å². The number of nitrogens with zero attached hydrogens (tertiary/aromatic N) is 2. The van der Waals surface area contributed by atoms with Gasteiger partial charge in [-0.15, -0.1) is 0 Å². The third-order valence-corrected chi connectivity index (χ3v) is 4.17. The van der Waals surface area contributed by atoms with Crippen molar-refractivity contribution in [3.8, 4) is 0 Å². The largest absolute Gasteiger partial charge is 0.469 e. The van der Waals surface area contributed by atoms with Gasteiger partial charge in [-0.1, -0.05) is 6.07 Å². The second-order valence-corrected chi connectivity index (χ2v) is 5.55. The fourth-order valence-electron chi connectivity index (χ4n) is 2.73. The number of esters is 1. The van der Waals surface area contributed by atoms with Gasteiger partial charge in [0.05, 0.1) is 31.5 Å². The minimum atomic E-state index is -0.271. The van der Waals surface area contributed by atoms with Gasteiger partial charge >= 0.3 is 5.97 Å². The van der Waals surface area contributed by atoms with Crippen LogP contribution in [0, 0.1) is 0 Å². The Morgan fingerprint density at radius 1 is 1.43 bits per heavy atom. The van der Waals surface area contributed by atoms with E-state index >= 15 is 0 Å². The molecule has 0 spiro atoms. The van der Waals surface area contributed by atoms with Crippen LogP contribution in [0.25, 0.3) is 0 Å². The zero-order chi connectivity index (χ0) is 16.2. The summed E-state index contributed by atoms with van der Waals surface area (Å²) >= 11 is 5.45. The number of hydrogen-bond acceptors (Lipinski definition) is 5. The highest BCUT2D eigenvalue weighted by Gasteiger charge is 2.41. The van der Waals surface area contributed by atoms with E-state index in [1.54, 1.807) is 12.5 Å². The van der Waals surface area contributed by atoms with E-state index in [4.69, 9.17) is 21.4 Å². The number of methoxy groups -OCH3 is 1. The summed E-state index contributed by atoms with van der Waals surface area (Å²) in [5.41, 5.74) is 0.872. The van der Waals surface area contributed by atoms with Gasteiger partial charge in [0.1, 0.15) is 11.8 Å². The number of hydrogen-bond donors (Lipinski definition) is 1. The number of rotatable bonds is 5. The van der Waals surface area contributed by atoms with Gasteiger partial charge in [0.2, 0.25) is 0 Å². The van der Waals surface area contributed by atoms with Gasteiger partial charge in [-0.2, -0.15) is 0 Å². The number of furan rings is 1. The number of ether oxygens (including phenoxy) is 1. The maximum Gasteiger partial charge on any atom is 0.307 e. The van der Waals surface area contributed by atoms with Crippen LogP contribution in [0.4, 0.5) is 0 Å². The number of pyridine rings is 1. The molecule has 3 rings (SSSR count). The number of nitrogens with one attached hydrogen (secondary N) is 1. The number of carbonyl (C=O) groups is 1. The molecule has 0 saturated carbocycles. The molecule has 23 heavy (non-hydrogen) atoms. The molecule has 1 aliphatic rings. The fraction of sp³-hybridized carbons (Fsp3) is 0.312. The summed E-state index contributed by atoms with van der Waals surface area (Å²) in [6.07, 6.45) is 3.63. The Bertz CT molecular complexity index is 675. The zero-order valence-electron chi connectivity index (χ0n) is 12.6.